The molecule has 2 fully saturated rings. The van der Waals surface area contributed by atoms with Crippen molar-refractivity contribution in [1.29, 1.82) is 0 Å². The Kier molecular flexibility index (Phi) is 3.25. The molecule has 0 bridgehead atoms. The zero-order valence-electron chi connectivity index (χ0n) is 11.4. The highest BCUT2D eigenvalue weighted by Gasteiger charge is 2.51. The number of carbonyl (C=O) groups is 2. The van der Waals surface area contributed by atoms with Crippen molar-refractivity contribution in [2.45, 2.75) is 57.6 Å². The number of likely N-dealkylation sites (tertiary alicyclic amines) is 1. The van der Waals surface area contributed by atoms with Crippen LogP contribution in [0.1, 0.15) is 46.5 Å². The largest absolute Gasteiger partial charge is 0.444 e. The molecule has 0 aromatic carbocycles. The van der Waals surface area contributed by atoms with Crippen molar-refractivity contribution in [3.8, 4) is 0 Å². The number of ether oxygens (including phenoxy) is 1. The van der Waals surface area contributed by atoms with E-state index in [0.717, 1.165) is 25.7 Å². The first-order valence-corrected chi connectivity index (χ1v) is 6.64. The Hall–Kier alpha value is -1.26. The summed E-state index contributed by atoms with van der Waals surface area (Å²) in [6.45, 7) is 6.85. The van der Waals surface area contributed by atoms with Crippen molar-refractivity contribution in [3.05, 3.63) is 0 Å². The van der Waals surface area contributed by atoms with E-state index in [-0.39, 0.29) is 12.0 Å². The van der Waals surface area contributed by atoms with Gasteiger partial charge in [0.15, 0.2) is 0 Å². The van der Waals surface area contributed by atoms with Gasteiger partial charge in [0.2, 0.25) is 5.91 Å². The number of amides is 2. The molecule has 1 spiro atoms. The third-order valence-corrected chi connectivity index (χ3v) is 3.58. The molecule has 5 nitrogen and oxygen atoms in total. The summed E-state index contributed by atoms with van der Waals surface area (Å²) in [6.07, 6.45) is 2.92. The molecule has 2 aliphatic heterocycles. The van der Waals surface area contributed by atoms with Gasteiger partial charge in [-0.05, 0) is 46.5 Å². The molecule has 0 aromatic rings. The van der Waals surface area contributed by atoms with E-state index in [1.165, 1.54) is 0 Å². The third kappa shape index (κ3) is 2.31. The minimum absolute atomic E-state index is 0.0166. The highest BCUT2D eigenvalue weighted by Crippen LogP contribution is 2.36. The molecule has 2 amide bonds. The number of nitrogens with one attached hydrogen (secondary N) is 1. The summed E-state index contributed by atoms with van der Waals surface area (Å²) in [4.78, 5) is 26.0. The topological polar surface area (TPSA) is 58.6 Å². The Labute approximate surface area is 108 Å². The van der Waals surface area contributed by atoms with Crippen LogP contribution < -0.4 is 5.32 Å². The van der Waals surface area contributed by atoms with Gasteiger partial charge < -0.3 is 10.1 Å². The van der Waals surface area contributed by atoms with Gasteiger partial charge in [-0.3, -0.25) is 9.69 Å². The maximum atomic E-state index is 12.2. The average Bonchev–Trinajstić information content (AvgIpc) is 2.65. The number of carbonyl (C=O) groups excluding carboxylic acids is 2. The van der Waals surface area contributed by atoms with Crippen molar-refractivity contribution in [2.75, 3.05) is 13.1 Å². The number of piperidine rings is 1. The first-order valence-electron chi connectivity index (χ1n) is 6.64. The Morgan fingerprint density at radius 1 is 1.33 bits per heavy atom. The molecule has 1 N–H and O–H groups in total. The Bertz CT molecular complexity index is 362. The fourth-order valence-electron chi connectivity index (χ4n) is 2.82. The van der Waals surface area contributed by atoms with Gasteiger partial charge in [-0.1, -0.05) is 0 Å². The van der Waals surface area contributed by atoms with E-state index in [1.807, 2.05) is 20.8 Å². The molecule has 1 unspecified atom stereocenters. The van der Waals surface area contributed by atoms with Crippen LogP contribution in [0.3, 0.4) is 0 Å². The molecule has 0 radical (unpaired) electrons. The van der Waals surface area contributed by atoms with Crippen molar-refractivity contribution in [1.82, 2.24) is 10.2 Å². The van der Waals surface area contributed by atoms with Gasteiger partial charge in [-0.2, -0.15) is 0 Å². The lowest BCUT2D eigenvalue weighted by molar-refractivity contribution is -0.134. The van der Waals surface area contributed by atoms with Crippen molar-refractivity contribution < 1.29 is 14.3 Å². The van der Waals surface area contributed by atoms with Crippen LogP contribution in [0.25, 0.3) is 0 Å². The van der Waals surface area contributed by atoms with Crippen LogP contribution in [0.5, 0.6) is 0 Å². The van der Waals surface area contributed by atoms with Crippen LogP contribution in [0.2, 0.25) is 0 Å². The average molecular weight is 254 g/mol. The highest BCUT2D eigenvalue weighted by atomic mass is 16.6. The number of hydrogen-bond acceptors (Lipinski definition) is 3. The van der Waals surface area contributed by atoms with Crippen LogP contribution in [-0.2, 0) is 9.53 Å². The lowest BCUT2D eigenvalue weighted by Crippen LogP contribution is -2.60. The van der Waals surface area contributed by atoms with Crippen molar-refractivity contribution in [3.63, 3.8) is 0 Å². The lowest BCUT2D eigenvalue weighted by Gasteiger charge is -2.40. The molecular weight excluding hydrogens is 232 g/mol. The van der Waals surface area contributed by atoms with Gasteiger partial charge in [0.05, 0.1) is 0 Å². The minimum atomic E-state index is -0.652. The first-order chi connectivity index (χ1) is 8.35. The van der Waals surface area contributed by atoms with Gasteiger partial charge >= 0.3 is 6.09 Å². The second kappa shape index (κ2) is 4.44. The molecule has 0 saturated carbocycles. The molecule has 1 atom stereocenters. The van der Waals surface area contributed by atoms with E-state index in [4.69, 9.17) is 4.74 Å². The van der Waals surface area contributed by atoms with Crippen LogP contribution in [0.15, 0.2) is 0 Å². The van der Waals surface area contributed by atoms with Gasteiger partial charge in [0.25, 0.3) is 0 Å². The smallest absolute Gasteiger partial charge is 0.411 e. The van der Waals surface area contributed by atoms with E-state index in [9.17, 15) is 9.59 Å². The Morgan fingerprint density at radius 3 is 2.61 bits per heavy atom. The van der Waals surface area contributed by atoms with E-state index in [0.29, 0.717) is 13.1 Å². The van der Waals surface area contributed by atoms with Gasteiger partial charge in [0.1, 0.15) is 11.1 Å². The number of rotatable bonds is 0. The molecule has 102 valence electrons. The minimum Gasteiger partial charge on any atom is -0.444 e. The molecule has 2 rings (SSSR count). The maximum absolute atomic E-state index is 12.2. The SMILES string of the molecule is CC(C)(C)OC(=O)N1CCCC12CCCNC2=O. The predicted octanol–water partition coefficient (Wildman–Crippen LogP) is 1.67. The normalized spacial score (nSPS) is 28.4. The monoisotopic (exact) mass is 254 g/mol. The Balaban J connectivity index is 2.16. The van der Waals surface area contributed by atoms with Crippen LogP contribution in [0.4, 0.5) is 4.79 Å². The Morgan fingerprint density at radius 2 is 2.00 bits per heavy atom. The summed E-state index contributed by atoms with van der Waals surface area (Å²) in [6, 6.07) is 0. The molecular formula is C13H22N2O3. The third-order valence-electron chi connectivity index (χ3n) is 3.58. The summed E-state index contributed by atoms with van der Waals surface area (Å²) in [5, 5.41) is 2.87. The predicted molar refractivity (Wildman–Crippen MR) is 67.1 cm³/mol. The molecule has 0 aliphatic carbocycles. The van der Waals surface area contributed by atoms with Crippen LogP contribution in [-0.4, -0.2) is 41.1 Å². The molecule has 0 aromatic heterocycles. The molecule has 2 heterocycles. The summed E-state index contributed by atoms with van der Waals surface area (Å²) < 4.78 is 5.40. The van der Waals surface area contributed by atoms with E-state index >= 15 is 0 Å². The van der Waals surface area contributed by atoms with E-state index < -0.39 is 11.1 Å². The lowest BCUT2D eigenvalue weighted by atomic mass is 9.87. The summed E-state index contributed by atoms with van der Waals surface area (Å²) in [5.74, 6) is -0.0166. The van der Waals surface area contributed by atoms with Gasteiger partial charge in [-0.25, -0.2) is 4.79 Å². The fraction of sp³-hybridized carbons (Fsp3) is 0.846. The quantitative estimate of drug-likeness (QED) is 0.715. The van der Waals surface area contributed by atoms with E-state index in [2.05, 4.69) is 5.32 Å². The molecule has 18 heavy (non-hydrogen) atoms. The summed E-state index contributed by atoms with van der Waals surface area (Å²) in [5.41, 5.74) is -1.17. The zero-order chi connectivity index (χ0) is 13.4. The maximum Gasteiger partial charge on any atom is 0.411 e. The molecule has 5 heteroatoms. The van der Waals surface area contributed by atoms with Gasteiger partial charge in [-0.15, -0.1) is 0 Å². The van der Waals surface area contributed by atoms with Crippen LogP contribution >= 0.6 is 0 Å². The first kappa shape index (κ1) is 13.2. The number of nitrogens with zero attached hydrogens (tertiary/aromatic N) is 1. The second-order valence-corrected chi connectivity index (χ2v) is 6.13. The number of hydrogen-bond donors (Lipinski definition) is 1. The van der Waals surface area contributed by atoms with E-state index in [1.54, 1.807) is 4.90 Å². The second-order valence-electron chi connectivity index (χ2n) is 6.13. The highest BCUT2D eigenvalue weighted by molar-refractivity contribution is 5.91. The molecule has 2 saturated heterocycles. The fourth-order valence-corrected chi connectivity index (χ4v) is 2.82. The molecule has 2 aliphatic rings. The van der Waals surface area contributed by atoms with Crippen LogP contribution in [0, 0.1) is 0 Å². The standard InChI is InChI=1S/C13H22N2O3/c1-12(2,3)18-11(17)15-9-5-7-13(15)6-4-8-14-10(13)16/h4-9H2,1-3H3,(H,14,16). The van der Waals surface area contributed by atoms with Gasteiger partial charge in [0, 0.05) is 13.1 Å². The van der Waals surface area contributed by atoms with Crippen molar-refractivity contribution >= 4 is 12.0 Å². The summed E-state index contributed by atoms with van der Waals surface area (Å²) in [7, 11) is 0. The summed E-state index contributed by atoms with van der Waals surface area (Å²) >= 11 is 0. The van der Waals surface area contributed by atoms with Crippen molar-refractivity contribution in [2.24, 2.45) is 0 Å². The zero-order valence-corrected chi connectivity index (χ0v) is 11.4.